The molecule has 5 unspecified atom stereocenters. The van der Waals surface area contributed by atoms with Crippen LogP contribution < -0.4 is 10.1 Å². The molecule has 0 bridgehead atoms. The minimum Gasteiger partial charge on any atom is -0.507 e. The van der Waals surface area contributed by atoms with Crippen molar-refractivity contribution in [3.63, 3.8) is 0 Å². The van der Waals surface area contributed by atoms with Gasteiger partial charge in [0.1, 0.15) is 30.3 Å². The van der Waals surface area contributed by atoms with E-state index >= 15 is 0 Å². The van der Waals surface area contributed by atoms with Gasteiger partial charge in [-0.2, -0.15) is 0 Å². The van der Waals surface area contributed by atoms with Gasteiger partial charge < -0.3 is 34.1 Å². The van der Waals surface area contributed by atoms with E-state index in [1.165, 1.54) is 26.0 Å². The molecule has 0 aromatic heterocycles. The third-order valence-corrected chi connectivity index (χ3v) is 4.45. The van der Waals surface area contributed by atoms with Crippen LogP contribution in [0.3, 0.4) is 0 Å². The molecule has 0 radical (unpaired) electrons. The molecule has 33 heavy (non-hydrogen) atoms. The number of aromatic hydroxyl groups is 1. The second kappa shape index (κ2) is 11.3. The molecule has 1 aromatic rings. The third-order valence-electron chi connectivity index (χ3n) is 4.45. The van der Waals surface area contributed by atoms with Crippen molar-refractivity contribution in [1.82, 2.24) is 5.32 Å². The Bertz CT molecular complexity index is 915. The number of hydrogen-bond acceptors (Lipinski definition) is 11. The molecular weight excluding hydrogens is 442 g/mol. The van der Waals surface area contributed by atoms with Crippen LogP contribution in [0.4, 0.5) is 0 Å². The molecule has 5 atom stereocenters. The van der Waals surface area contributed by atoms with Crippen LogP contribution in [0.15, 0.2) is 18.2 Å². The Balaban J connectivity index is 2.47. The Kier molecular flexibility index (Phi) is 8.74. The van der Waals surface area contributed by atoms with Crippen molar-refractivity contribution in [2.24, 2.45) is 0 Å². The minimum atomic E-state index is -1.34. The molecule has 0 saturated carbocycles. The lowest BCUT2D eigenvalue weighted by molar-refractivity contribution is -0.257. The lowest BCUT2D eigenvalue weighted by atomic mass is 9.96. The summed E-state index contributed by atoms with van der Waals surface area (Å²) in [5.41, 5.74) is 0.0192. The zero-order valence-corrected chi connectivity index (χ0v) is 18.4. The summed E-state index contributed by atoms with van der Waals surface area (Å²) in [5.74, 6) is -2.96. The number of phenolic OH excluding ortho intramolecular Hbond substituents is 1. The van der Waals surface area contributed by atoms with Gasteiger partial charge in [0.25, 0.3) is 0 Å². The molecule has 180 valence electrons. The highest BCUT2D eigenvalue weighted by molar-refractivity contribution is 5.79. The van der Waals surface area contributed by atoms with Gasteiger partial charge in [0.2, 0.25) is 12.2 Å². The van der Waals surface area contributed by atoms with Crippen LogP contribution in [-0.2, 0) is 38.1 Å². The Hall–Kier alpha value is -3.67. The number of hydrogen-bond donors (Lipinski definition) is 2. The minimum absolute atomic E-state index is 0.0192. The largest absolute Gasteiger partial charge is 0.507 e. The second-order valence-corrected chi connectivity index (χ2v) is 7.18. The second-order valence-electron chi connectivity index (χ2n) is 7.18. The average Bonchev–Trinajstić information content (AvgIpc) is 2.70. The highest BCUT2D eigenvalue weighted by atomic mass is 16.7. The van der Waals surface area contributed by atoms with Crippen LogP contribution in [0.2, 0.25) is 0 Å². The number of carbonyl (C=O) groups excluding carboxylic acids is 5. The van der Waals surface area contributed by atoms with Crippen LogP contribution in [0.25, 0.3) is 0 Å². The van der Waals surface area contributed by atoms with Crippen molar-refractivity contribution >= 4 is 30.1 Å². The van der Waals surface area contributed by atoms with E-state index in [1.807, 2.05) is 0 Å². The van der Waals surface area contributed by atoms with Gasteiger partial charge in [-0.15, -0.1) is 0 Å². The molecule has 1 aliphatic heterocycles. The lowest BCUT2D eigenvalue weighted by Gasteiger charge is -2.44. The fourth-order valence-corrected chi connectivity index (χ4v) is 3.22. The van der Waals surface area contributed by atoms with E-state index in [1.54, 1.807) is 0 Å². The van der Waals surface area contributed by atoms with Gasteiger partial charge in [-0.25, -0.2) is 0 Å². The predicted molar refractivity (Wildman–Crippen MR) is 108 cm³/mol. The van der Waals surface area contributed by atoms with Crippen LogP contribution >= 0.6 is 0 Å². The summed E-state index contributed by atoms with van der Waals surface area (Å²) in [7, 11) is 0. The molecule has 1 heterocycles. The average molecular weight is 467 g/mol. The number of phenols is 1. The summed E-state index contributed by atoms with van der Waals surface area (Å²) in [6, 6.07) is 2.66. The van der Waals surface area contributed by atoms with Crippen molar-refractivity contribution in [2.75, 3.05) is 6.61 Å². The summed E-state index contributed by atoms with van der Waals surface area (Å²) < 4.78 is 27.2. The number of aldehydes is 1. The van der Waals surface area contributed by atoms with Crippen molar-refractivity contribution < 1.29 is 52.8 Å². The monoisotopic (exact) mass is 467 g/mol. The quantitative estimate of drug-likeness (QED) is 0.306. The smallest absolute Gasteiger partial charge is 0.303 e. The van der Waals surface area contributed by atoms with Crippen molar-refractivity contribution in [2.45, 2.75) is 58.3 Å². The zero-order valence-electron chi connectivity index (χ0n) is 18.4. The molecule has 0 spiro atoms. The normalized spacial score (nSPS) is 24.2. The van der Waals surface area contributed by atoms with E-state index in [0.29, 0.717) is 6.29 Å². The topological polar surface area (TPSA) is 164 Å². The van der Waals surface area contributed by atoms with Gasteiger partial charge in [-0.1, -0.05) is 0 Å². The standard InChI is InChI=1S/C21H25NO11/c1-10(24)22-18-20(31-13(4)27)19(30-12(3)26)17(9-29-11(2)25)33-21(18)32-15-6-5-14(8-23)16(28)7-15/h5-8,17-21,28H,9H2,1-4H3,(H,22,24). The molecule has 0 aliphatic carbocycles. The molecule has 12 heteroatoms. The Morgan fingerprint density at radius 2 is 1.67 bits per heavy atom. The van der Waals surface area contributed by atoms with Crippen LogP contribution in [-0.4, -0.2) is 72.5 Å². The number of rotatable bonds is 8. The highest BCUT2D eigenvalue weighted by Crippen LogP contribution is 2.30. The first-order valence-corrected chi connectivity index (χ1v) is 9.87. The highest BCUT2D eigenvalue weighted by Gasteiger charge is 2.52. The Morgan fingerprint density at radius 3 is 2.18 bits per heavy atom. The number of benzene rings is 1. The molecule has 1 saturated heterocycles. The molecule has 1 aromatic carbocycles. The summed E-state index contributed by atoms with van der Waals surface area (Å²) in [5, 5.41) is 12.5. The fourth-order valence-electron chi connectivity index (χ4n) is 3.22. The van der Waals surface area contributed by atoms with E-state index < -0.39 is 54.5 Å². The van der Waals surface area contributed by atoms with Crippen LogP contribution in [0.5, 0.6) is 11.5 Å². The fraction of sp³-hybridized carbons (Fsp3) is 0.476. The zero-order chi connectivity index (χ0) is 24.7. The summed E-state index contributed by atoms with van der Waals surface area (Å²) >= 11 is 0. The number of ether oxygens (including phenoxy) is 5. The molecule has 1 aliphatic rings. The molecule has 12 nitrogen and oxygen atoms in total. The predicted octanol–water partition coefficient (Wildman–Crippen LogP) is 0.240. The third kappa shape index (κ3) is 7.17. The maximum Gasteiger partial charge on any atom is 0.303 e. The maximum absolute atomic E-state index is 11.9. The Morgan fingerprint density at radius 1 is 1.03 bits per heavy atom. The Labute approximate surface area is 189 Å². The molecule has 1 amide bonds. The van der Waals surface area contributed by atoms with Gasteiger partial charge in [-0.05, 0) is 12.1 Å². The van der Waals surface area contributed by atoms with Crippen molar-refractivity contribution in [1.29, 1.82) is 0 Å². The summed E-state index contributed by atoms with van der Waals surface area (Å²) in [4.78, 5) is 57.7. The molecule has 2 rings (SSSR count). The van der Waals surface area contributed by atoms with E-state index in [2.05, 4.69) is 5.32 Å². The number of nitrogens with one attached hydrogen (secondary N) is 1. The van der Waals surface area contributed by atoms with Crippen LogP contribution in [0.1, 0.15) is 38.1 Å². The molecule has 1 fully saturated rings. The van der Waals surface area contributed by atoms with E-state index in [9.17, 15) is 29.1 Å². The molecular formula is C21H25NO11. The summed E-state index contributed by atoms with van der Waals surface area (Å²) in [6.45, 7) is 4.24. The maximum atomic E-state index is 11.9. The van der Waals surface area contributed by atoms with E-state index in [4.69, 9.17) is 23.7 Å². The summed E-state index contributed by atoms with van der Waals surface area (Å²) in [6.07, 6.45) is -4.57. The first kappa shape index (κ1) is 25.6. The van der Waals surface area contributed by atoms with E-state index in [0.717, 1.165) is 19.9 Å². The van der Waals surface area contributed by atoms with Crippen molar-refractivity contribution in [3.8, 4) is 11.5 Å². The lowest BCUT2D eigenvalue weighted by Crippen LogP contribution is -2.67. The first-order chi connectivity index (χ1) is 15.5. The van der Waals surface area contributed by atoms with Gasteiger partial charge in [-0.3, -0.25) is 24.0 Å². The number of carbonyl (C=O) groups is 5. The number of esters is 3. The number of amides is 1. The SMILES string of the molecule is CC(=O)NC1C(Oc2ccc(C=O)c(O)c2)OC(COC(C)=O)C(OC(C)=O)C1OC(C)=O. The van der Waals surface area contributed by atoms with Crippen LogP contribution in [0, 0.1) is 0 Å². The van der Waals surface area contributed by atoms with Crippen molar-refractivity contribution in [3.05, 3.63) is 23.8 Å². The van der Waals surface area contributed by atoms with Gasteiger partial charge in [0.15, 0.2) is 18.5 Å². The van der Waals surface area contributed by atoms with Gasteiger partial charge in [0, 0.05) is 33.8 Å². The molecule has 2 N–H and O–H groups in total. The van der Waals surface area contributed by atoms with Gasteiger partial charge >= 0.3 is 17.9 Å². The van der Waals surface area contributed by atoms with E-state index in [-0.39, 0.29) is 23.7 Å². The first-order valence-electron chi connectivity index (χ1n) is 9.87. The van der Waals surface area contributed by atoms with Gasteiger partial charge in [0.05, 0.1) is 5.56 Å².